The molecule has 9 nitrogen and oxygen atoms in total. The van der Waals surface area contributed by atoms with Crippen LogP contribution in [0, 0.1) is 5.41 Å². The Morgan fingerprint density at radius 1 is 0.957 bits per heavy atom. The Balaban J connectivity index is 1.54. The van der Waals surface area contributed by atoms with Gasteiger partial charge in [0.15, 0.2) is 5.03 Å². The summed E-state index contributed by atoms with van der Waals surface area (Å²) in [6.07, 6.45) is 3.89. The molecule has 0 atom stereocenters. The standard InChI is InChI=1S/C33H39F3N6O3S2/c1-32(2,33(34,35)36)23-45-29-18-20-42(39-29)26-16-17-27-37-31(26)25-13-8-7-12-24(25)11-6-4-5-9-19-41(21-22-46-3)28-14-10-15-30(38-28)47(43,44)40-27/h7-8,10,12-18,20H,4-6,9,11,19,21-23H2,1-3H3,(H,37,40). The Labute approximate surface area is 278 Å². The van der Waals surface area contributed by atoms with E-state index in [0.717, 1.165) is 75.9 Å². The van der Waals surface area contributed by atoms with Gasteiger partial charge in [-0.15, -0.1) is 5.10 Å². The van der Waals surface area contributed by atoms with Crippen molar-refractivity contribution in [2.45, 2.75) is 57.2 Å². The van der Waals surface area contributed by atoms with Crippen molar-refractivity contribution in [1.82, 2.24) is 19.7 Å². The van der Waals surface area contributed by atoms with E-state index in [1.165, 1.54) is 22.9 Å². The first kappa shape index (κ1) is 34.6. The quantitative estimate of drug-likeness (QED) is 0.215. The van der Waals surface area contributed by atoms with Gasteiger partial charge in [-0.2, -0.15) is 33.4 Å². The van der Waals surface area contributed by atoms with Crippen molar-refractivity contribution in [3.8, 4) is 22.8 Å². The molecule has 1 aromatic carbocycles. The second-order valence-electron chi connectivity index (χ2n) is 12.1. The van der Waals surface area contributed by atoms with Crippen molar-refractivity contribution < 1.29 is 26.3 Å². The average Bonchev–Trinajstić information content (AvgIpc) is 3.51. The van der Waals surface area contributed by atoms with E-state index in [0.29, 0.717) is 17.2 Å². The Kier molecular flexibility index (Phi) is 10.7. The number of sulfonamides is 1. The second kappa shape index (κ2) is 14.5. The third-order valence-electron chi connectivity index (χ3n) is 8.04. The number of fused-ring (bicyclic) bond motifs is 6. The van der Waals surface area contributed by atoms with Crippen molar-refractivity contribution in [2.75, 3.05) is 41.3 Å². The predicted molar refractivity (Wildman–Crippen MR) is 180 cm³/mol. The molecule has 14 heteroatoms. The van der Waals surface area contributed by atoms with Crippen LogP contribution in [0.3, 0.4) is 0 Å². The molecular weight excluding hydrogens is 650 g/mol. The summed E-state index contributed by atoms with van der Waals surface area (Å²) >= 11 is 1.73. The molecule has 4 bridgehead atoms. The van der Waals surface area contributed by atoms with Gasteiger partial charge in [-0.1, -0.05) is 43.2 Å². The van der Waals surface area contributed by atoms with E-state index >= 15 is 0 Å². The lowest BCUT2D eigenvalue weighted by Gasteiger charge is -2.26. The molecule has 0 saturated heterocycles. The van der Waals surface area contributed by atoms with Gasteiger partial charge in [0, 0.05) is 36.7 Å². The molecule has 1 N–H and O–H groups in total. The van der Waals surface area contributed by atoms with Gasteiger partial charge in [-0.3, -0.25) is 4.72 Å². The molecule has 3 aromatic heterocycles. The zero-order valence-corrected chi connectivity index (χ0v) is 28.3. The van der Waals surface area contributed by atoms with E-state index in [1.807, 2.05) is 36.6 Å². The average molecular weight is 689 g/mol. The van der Waals surface area contributed by atoms with E-state index in [-0.39, 0.29) is 16.7 Å². The number of aromatic nitrogens is 4. The number of nitrogens with zero attached hydrogens (tertiary/aromatic N) is 5. The van der Waals surface area contributed by atoms with E-state index < -0.39 is 28.2 Å². The molecule has 0 radical (unpaired) electrons. The smallest absolute Gasteiger partial charge is 0.397 e. The van der Waals surface area contributed by atoms with Gasteiger partial charge in [0.05, 0.1) is 16.8 Å². The van der Waals surface area contributed by atoms with Crippen LogP contribution in [-0.4, -0.2) is 66.0 Å². The fraction of sp³-hybridized carbons (Fsp3) is 0.424. The third kappa shape index (κ3) is 8.39. The van der Waals surface area contributed by atoms with Crippen LogP contribution in [-0.2, 0) is 16.4 Å². The highest BCUT2D eigenvalue weighted by Gasteiger charge is 2.48. The number of rotatable bonds is 7. The number of ether oxygens (including phenoxy) is 1. The molecule has 0 fully saturated rings. The predicted octanol–water partition coefficient (Wildman–Crippen LogP) is 7.38. The monoisotopic (exact) mass is 688 g/mol. The summed E-state index contributed by atoms with van der Waals surface area (Å²) in [4.78, 5) is 11.5. The molecule has 5 rings (SSSR count). The second-order valence-corrected chi connectivity index (χ2v) is 14.7. The molecule has 0 aliphatic carbocycles. The summed E-state index contributed by atoms with van der Waals surface area (Å²) in [6, 6.07) is 17.5. The first-order valence-electron chi connectivity index (χ1n) is 15.5. The van der Waals surface area contributed by atoms with Gasteiger partial charge in [-0.05, 0) is 69.2 Å². The van der Waals surface area contributed by atoms with Crippen LogP contribution >= 0.6 is 11.8 Å². The van der Waals surface area contributed by atoms with Gasteiger partial charge >= 0.3 is 6.18 Å². The summed E-state index contributed by atoms with van der Waals surface area (Å²) < 4.78 is 76.9. The van der Waals surface area contributed by atoms with Gasteiger partial charge in [0.25, 0.3) is 10.0 Å². The number of hydrogen-bond acceptors (Lipinski definition) is 8. The number of aryl methyl sites for hydroxylation is 1. The van der Waals surface area contributed by atoms with Crippen LogP contribution in [0.25, 0.3) is 16.9 Å². The number of alkyl halides is 3. The Hall–Kier alpha value is -3.78. The normalized spacial score (nSPS) is 15.7. The number of pyridine rings is 2. The number of anilines is 2. The Morgan fingerprint density at radius 3 is 2.53 bits per heavy atom. The minimum atomic E-state index is -4.44. The summed E-state index contributed by atoms with van der Waals surface area (Å²) in [6.45, 7) is 3.06. The molecule has 0 amide bonds. The molecular formula is C33H39F3N6O3S2. The van der Waals surface area contributed by atoms with E-state index in [9.17, 15) is 21.6 Å². The van der Waals surface area contributed by atoms with Gasteiger partial charge in [0.1, 0.15) is 18.2 Å². The lowest BCUT2D eigenvalue weighted by molar-refractivity contribution is -0.219. The first-order chi connectivity index (χ1) is 22.4. The van der Waals surface area contributed by atoms with Crippen molar-refractivity contribution in [3.63, 3.8) is 0 Å². The first-order valence-corrected chi connectivity index (χ1v) is 18.3. The van der Waals surface area contributed by atoms with Gasteiger partial charge < -0.3 is 9.64 Å². The zero-order valence-electron chi connectivity index (χ0n) is 26.6. The highest BCUT2D eigenvalue weighted by Crippen LogP contribution is 2.38. The molecule has 47 heavy (non-hydrogen) atoms. The maximum absolute atomic E-state index is 13.6. The highest BCUT2D eigenvalue weighted by molar-refractivity contribution is 7.98. The Bertz CT molecular complexity index is 1780. The fourth-order valence-electron chi connectivity index (χ4n) is 5.15. The topological polar surface area (TPSA) is 102 Å². The molecule has 252 valence electrons. The van der Waals surface area contributed by atoms with E-state index in [1.54, 1.807) is 30.1 Å². The number of hydrogen-bond donors (Lipinski definition) is 1. The maximum Gasteiger partial charge on any atom is 0.397 e. The molecule has 4 heterocycles. The van der Waals surface area contributed by atoms with Crippen LogP contribution in [0.5, 0.6) is 5.88 Å². The SMILES string of the molecule is CSCCN1CCCCCCc2ccccc2-c2nc(ccc2-n2ccc(OCC(C)(C)C(F)(F)F)n2)NS(=O)(=O)c2cccc1n2. The molecule has 0 unspecified atom stereocenters. The van der Waals surface area contributed by atoms with E-state index in [2.05, 4.69) is 19.7 Å². The van der Waals surface area contributed by atoms with Gasteiger partial charge in [-0.25, -0.2) is 14.6 Å². The number of thioether (sulfide) groups is 1. The molecule has 1 aliphatic heterocycles. The Morgan fingerprint density at radius 2 is 1.74 bits per heavy atom. The fourth-order valence-corrected chi connectivity index (χ4v) is 6.52. The summed E-state index contributed by atoms with van der Waals surface area (Å²) in [5.74, 6) is 1.61. The molecule has 4 aromatic rings. The minimum Gasteiger partial charge on any atom is -0.476 e. The lowest BCUT2D eigenvalue weighted by atomic mass is 9.94. The maximum atomic E-state index is 13.6. The van der Waals surface area contributed by atoms with Crippen LogP contribution in [0.2, 0.25) is 0 Å². The zero-order chi connectivity index (χ0) is 33.7. The van der Waals surface area contributed by atoms with Crippen LogP contribution < -0.4 is 14.4 Å². The highest BCUT2D eigenvalue weighted by atomic mass is 32.2. The third-order valence-corrected chi connectivity index (χ3v) is 9.89. The van der Waals surface area contributed by atoms with Crippen molar-refractivity contribution in [3.05, 3.63) is 72.4 Å². The summed E-state index contributed by atoms with van der Waals surface area (Å²) in [7, 11) is -4.11. The van der Waals surface area contributed by atoms with Gasteiger partial charge in [0.2, 0.25) is 5.88 Å². The van der Waals surface area contributed by atoms with Crippen molar-refractivity contribution in [1.29, 1.82) is 0 Å². The number of nitrogens with one attached hydrogen (secondary N) is 1. The van der Waals surface area contributed by atoms with Crippen LogP contribution in [0.1, 0.15) is 45.1 Å². The molecule has 0 saturated carbocycles. The lowest BCUT2D eigenvalue weighted by Crippen LogP contribution is -2.37. The van der Waals surface area contributed by atoms with Crippen LogP contribution in [0.15, 0.2) is 71.9 Å². The number of halogens is 3. The largest absolute Gasteiger partial charge is 0.476 e. The minimum absolute atomic E-state index is 0.0226. The van der Waals surface area contributed by atoms with Crippen LogP contribution in [0.4, 0.5) is 24.8 Å². The number of benzene rings is 1. The van der Waals surface area contributed by atoms with Crippen molar-refractivity contribution >= 4 is 33.4 Å². The summed E-state index contributed by atoms with van der Waals surface area (Å²) in [5.41, 5.74) is 0.735. The van der Waals surface area contributed by atoms with E-state index in [4.69, 9.17) is 9.72 Å². The molecule has 1 aliphatic rings. The summed E-state index contributed by atoms with van der Waals surface area (Å²) in [5, 5.41) is 4.28. The van der Waals surface area contributed by atoms with Crippen molar-refractivity contribution in [2.24, 2.45) is 5.41 Å². The molecule has 0 spiro atoms.